The van der Waals surface area contributed by atoms with Crippen LogP contribution in [0.2, 0.25) is 5.02 Å². The number of rotatable bonds is 8. The highest BCUT2D eigenvalue weighted by Gasteiger charge is 2.17. The summed E-state index contributed by atoms with van der Waals surface area (Å²) in [6.07, 6.45) is 1.32. The Bertz CT molecular complexity index is 1350. The second kappa shape index (κ2) is 12.2. The molecule has 2 aromatic carbocycles. The van der Waals surface area contributed by atoms with Crippen LogP contribution in [-0.4, -0.2) is 46.9 Å². The molecule has 0 atom stereocenters. The Labute approximate surface area is 224 Å². The van der Waals surface area contributed by atoms with Gasteiger partial charge in [-0.25, -0.2) is 14.2 Å². The van der Waals surface area contributed by atoms with Gasteiger partial charge < -0.3 is 31.9 Å². The monoisotopic (exact) mass is 542 g/mol. The summed E-state index contributed by atoms with van der Waals surface area (Å²) >= 11 is 6.22. The highest BCUT2D eigenvalue weighted by atomic mass is 35.5. The average molecular weight is 543 g/mol. The standard InChI is InChI=1S/C25H28ClFN8O3/c1-25(2,3)35-24(38)30-13-19(36)31-14-7-5-8-15(11-14)32-23-29-12-17(26)21(34-23)33-20-16(22(37)28-4)9-6-10-18(20)27/h5-12H,13H2,1-4H3,(H,28,37)(H,31,36)(H2,30,35,38)(H2,29,32,33,34). The van der Waals surface area contributed by atoms with Crippen LogP contribution in [0, 0.1) is 5.82 Å². The van der Waals surface area contributed by atoms with Crippen molar-refractivity contribution in [3.05, 3.63) is 65.1 Å². The van der Waals surface area contributed by atoms with Crippen molar-refractivity contribution in [2.75, 3.05) is 29.5 Å². The first-order valence-corrected chi connectivity index (χ1v) is 11.9. The molecule has 0 bridgehead atoms. The number of hydrogen-bond acceptors (Lipinski definition) is 7. The maximum atomic E-state index is 14.5. The van der Waals surface area contributed by atoms with Crippen LogP contribution >= 0.6 is 11.6 Å². The molecule has 0 saturated carbocycles. The zero-order valence-corrected chi connectivity index (χ0v) is 22.0. The Kier molecular flexibility index (Phi) is 9.02. The molecular formula is C25H28ClFN8O3. The van der Waals surface area contributed by atoms with E-state index in [0.29, 0.717) is 11.4 Å². The molecule has 0 radical (unpaired) electrons. The van der Waals surface area contributed by atoms with Crippen molar-refractivity contribution in [2.24, 2.45) is 0 Å². The van der Waals surface area contributed by atoms with Crippen molar-refractivity contribution >= 4 is 58.3 Å². The molecule has 0 fully saturated rings. The van der Waals surface area contributed by atoms with E-state index >= 15 is 0 Å². The van der Waals surface area contributed by atoms with Gasteiger partial charge in [0.2, 0.25) is 11.9 Å². The third-order valence-corrected chi connectivity index (χ3v) is 5.05. The molecule has 3 rings (SSSR count). The van der Waals surface area contributed by atoms with E-state index in [0.717, 1.165) is 0 Å². The largest absolute Gasteiger partial charge is 0.355 e. The number of anilines is 5. The number of carbonyl (C=O) groups is 3. The summed E-state index contributed by atoms with van der Waals surface area (Å²) in [4.78, 5) is 44.7. The second-order valence-corrected chi connectivity index (χ2v) is 9.48. The van der Waals surface area contributed by atoms with Gasteiger partial charge in [0, 0.05) is 24.0 Å². The van der Waals surface area contributed by atoms with Crippen molar-refractivity contribution in [1.29, 1.82) is 0 Å². The van der Waals surface area contributed by atoms with Crippen molar-refractivity contribution in [2.45, 2.75) is 26.3 Å². The van der Waals surface area contributed by atoms with Gasteiger partial charge >= 0.3 is 6.03 Å². The molecule has 6 N–H and O–H groups in total. The molecule has 0 aliphatic heterocycles. The summed E-state index contributed by atoms with van der Waals surface area (Å²) in [6, 6.07) is 10.4. The van der Waals surface area contributed by atoms with Crippen molar-refractivity contribution in [3.8, 4) is 0 Å². The van der Waals surface area contributed by atoms with E-state index in [1.54, 1.807) is 24.3 Å². The number of aromatic nitrogens is 2. The van der Waals surface area contributed by atoms with Crippen LogP contribution in [-0.2, 0) is 4.79 Å². The molecule has 13 heteroatoms. The highest BCUT2D eigenvalue weighted by molar-refractivity contribution is 6.33. The molecule has 11 nitrogen and oxygen atoms in total. The molecule has 1 aromatic heterocycles. The van der Waals surface area contributed by atoms with Crippen molar-refractivity contribution in [3.63, 3.8) is 0 Å². The van der Waals surface area contributed by atoms with E-state index in [2.05, 4.69) is 41.9 Å². The lowest BCUT2D eigenvalue weighted by atomic mass is 10.1. The van der Waals surface area contributed by atoms with E-state index in [4.69, 9.17) is 11.6 Å². The van der Waals surface area contributed by atoms with Gasteiger partial charge in [-0.3, -0.25) is 9.59 Å². The third kappa shape index (κ3) is 8.03. The maximum absolute atomic E-state index is 14.5. The van der Waals surface area contributed by atoms with Crippen LogP contribution in [0.4, 0.5) is 38.0 Å². The number of nitrogens with one attached hydrogen (secondary N) is 6. The first-order chi connectivity index (χ1) is 17.9. The van der Waals surface area contributed by atoms with E-state index < -0.39 is 29.2 Å². The molecule has 0 aliphatic rings. The summed E-state index contributed by atoms with van der Waals surface area (Å²) in [7, 11) is 1.44. The van der Waals surface area contributed by atoms with Crippen LogP contribution in [0.25, 0.3) is 0 Å². The number of carbonyl (C=O) groups excluding carboxylic acids is 3. The van der Waals surface area contributed by atoms with Crippen LogP contribution in [0.1, 0.15) is 31.1 Å². The van der Waals surface area contributed by atoms with Crippen LogP contribution < -0.4 is 31.9 Å². The van der Waals surface area contributed by atoms with Gasteiger partial charge in [0.25, 0.3) is 5.91 Å². The highest BCUT2D eigenvalue weighted by Crippen LogP contribution is 2.29. The number of hydrogen-bond donors (Lipinski definition) is 6. The molecule has 3 aromatic rings. The summed E-state index contributed by atoms with van der Waals surface area (Å²) in [5, 5.41) is 16.2. The number of nitrogens with zero attached hydrogens (tertiary/aromatic N) is 2. The minimum atomic E-state index is -0.663. The lowest BCUT2D eigenvalue weighted by Crippen LogP contribution is -2.48. The molecule has 38 heavy (non-hydrogen) atoms. The van der Waals surface area contributed by atoms with E-state index in [1.165, 1.54) is 31.4 Å². The number of halogens is 2. The minimum Gasteiger partial charge on any atom is -0.355 e. The predicted molar refractivity (Wildman–Crippen MR) is 145 cm³/mol. The number of benzene rings is 2. The van der Waals surface area contributed by atoms with E-state index in [9.17, 15) is 18.8 Å². The Morgan fingerprint density at radius 1 is 1.03 bits per heavy atom. The third-order valence-electron chi connectivity index (χ3n) is 4.77. The lowest BCUT2D eigenvalue weighted by molar-refractivity contribution is -0.115. The van der Waals surface area contributed by atoms with Crippen LogP contribution in [0.5, 0.6) is 0 Å². The molecule has 0 unspecified atom stereocenters. The molecule has 1 heterocycles. The van der Waals surface area contributed by atoms with Crippen molar-refractivity contribution < 1.29 is 18.8 Å². The Balaban J connectivity index is 1.70. The fourth-order valence-electron chi connectivity index (χ4n) is 3.16. The SMILES string of the molecule is CNC(=O)c1cccc(F)c1Nc1nc(Nc2cccc(NC(=O)CNC(=O)NC(C)(C)C)c2)ncc1Cl. The smallest absolute Gasteiger partial charge is 0.315 e. The van der Waals surface area contributed by atoms with Gasteiger partial charge in [-0.2, -0.15) is 4.98 Å². The number of urea groups is 1. The quantitative estimate of drug-likeness (QED) is 0.250. The summed E-state index contributed by atoms with van der Waals surface area (Å²) < 4.78 is 14.5. The summed E-state index contributed by atoms with van der Waals surface area (Å²) in [5.74, 6) is -1.37. The molecule has 0 spiro atoms. The fraction of sp³-hybridized carbons (Fsp3) is 0.240. The molecule has 0 saturated heterocycles. The zero-order chi connectivity index (χ0) is 27.9. The van der Waals surface area contributed by atoms with Crippen molar-refractivity contribution in [1.82, 2.24) is 25.9 Å². The van der Waals surface area contributed by atoms with E-state index in [1.807, 2.05) is 20.8 Å². The average Bonchev–Trinajstić information content (AvgIpc) is 2.84. The van der Waals surface area contributed by atoms with Gasteiger partial charge in [-0.1, -0.05) is 23.7 Å². The molecular weight excluding hydrogens is 515 g/mol. The summed E-state index contributed by atoms with van der Waals surface area (Å²) in [5.41, 5.74) is 0.554. The Morgan fingerprint density at radius 2 is 1.74 bits per heavy atom. The van der Waals surface area contributed by atoms with Gasteiger partial charge in [0.05, 0.1) is 24.0 Å². The van der Waals surface area contributed by atoms with Gasteiger partial charge in [0.15, 0.2) is 5.82 Å². The number of amides is 4. The predicted octanol–water partition coefficient (Wildman–Crippen LogP) is 4.15. The Hall–Kier alpha value is -4.45. The normalized spacial score (nSPS) is 10.8. The second-order valence-electron chi connectivity index (χ2n) is 9.07. The zero-order valence-electron chi connectivity index (χ0n) is 21.2. The fourth-order valence-corrected chi connectivity index (χ4v) is 3.30. The van der Waals surface area contributed by atoms with E-state index in [-0.39, 0.29) is 34.6 Å². The first-order valence-electron chi connectivity index (χ1n) is 11.5. The van der Waals surface area contributed by atoms with Gasteiger partial charge in [-0.15, -0.1) is 0 Å². The lowest BCUT2D eigenvalue weighted by Gasteiger charge is -2.20. The summed E-state index contributed by atoms with van der Waals surface area (Å²) in [6.45, 7) is 5.27. The Morgan fingerprint density at radius 3 is 2.45 bits per heavy atom. The molecule has 0 aliphatic carbocycles. The number of para-hydroxylation sites is 1. The van der Waals surface area contributed by atoms with Gasteiger partial charge in [-0.05, 0) is 51.1 Å². The topological polar surface area (TPSA) is 149 Å². The maximum Gasteiger partial charge on any atom is 0.315 e. The van der Waals surface area contributed by atoms with Gasteiger partial charge in [0.1, 0.15) is 10.8 Å². The molecule has 200 valence electrons. The minimum absolute atomic E-state index is 0.0727. The van der Waals surface area contributed by atoms with Crippen LogP contribution in [0.15, 0.2) is 48.7 Å². The molecule has 4 amide bonds. The first kappa shape index (κ1) is 28.1. The van der Waals surface area contributed by atoms with Crippen LogP contribution in [0.3, 0.4) is 0 Å².